The molecule has 5 aromatic rings. The zero-order valence-corrected chi connectivity index (χ0v) is 22.9. The van der Waals surface area contributed by atoms with Gasteiger partial charge in [-0.1, -0.05) is 48.5 Å². The van der Waals surface area contributed by atoms with E-state index in [-0.39, 0.29) is 0 Å². The number of likely N-dealkylation sites (tertiary alicyclic amines) is 1. The lowest BCUT2D eigenvalue weighted by molar-refractivity contribution is 0.222. The number of rotatable bonds is 4. The van der Waals surface area contributed by atoms with Crippen molar-refractivity contribution < 1.29 is 0 Å². The lowest BCUT2D eigenvalue weighted by atomic mass is 9.96. The third kappa shape index (κ3) is 4.65. The molecule has 2 aliphatic rings. The van der Waals surface area contributed by atoms with E-state index < -0.39 is 0 Å². The van der Waals surface area contributed by atoms with E-state index in [1.165, 1.54) is 73.9 Å². The highest BCUT2D eigenvalue weighted by Crippen LogP contribution is 2.33. The van der Waals surface area contributed by atoms with Crippen LogP contribution in [-0.4, -0.2) is 44.2 Å². The zero-order valence-electron chi connectivity index (χ0n) is 22.9. The van der Waals surface area contributed by atoms with E-state index in [1.807, 2.05) is 13.1 Å². The summed E-state index contributed by atoms with van der Waals surface area (Å²) in [6.45, 7) is 6.72. The molecule has 5 heteroatoms. The Kier molecular flexibility index (Phi) is 6.24. The van der Waals surface area contributed by atoms with Gasteiger partial charge in [0.1, 0.15) is 0 Å². The molecule has 0 spiro atoms. The summed E-state index contributed by atoms with van der Waals surface area (Å²) in [6, 6.07) is 22.8. The van der Waals surface area contributed by atoms with Crippen LogP contribution >= 0.6 is 0 Å². The Hall–Kier alpha value is -3.83. The van der Waals surface area contributed by atoms with Crippen LogP contribution in [0.4, 0.5) is 0 Å². The quantitative estimate of drug-likeness (QED) is 0.256. The van der Waals surface area contributed by atoms with Crippen molar-refractivity contribution in [1.82, 2.24) is 25.1 Å². The minimum Gasteiger partial charge on any atom is -0.300 e. The van der Waals surface area contributed by atoms with Gasteiger partial charge in [0.15, 0.2) is 5.65 Å². The molecule has 5 nitrogen and oxygen atoms in total. The SMILES string of the molecule is Cc1ccc(C)c(-c2ccc(-c3[nH]nc4ncc(-c5ccc6c(c5)CCC(N5CCCC5)CC6)cc34)cc2)n1. The van der Waals surface area contributed by atoms with Gasteiger partial charge in [-0.2, -0.15) is 5.10 Å². The molecule has 196 valence electrons. The fraction of sp³-hybridized carbons (Fsp3) is 0.324. The van der Waals surface area contributed by atoms with Gasteiger partial charge in [-0.25, -0.2) is 4.98 Å². The fourth-order valence-corrected chi connectivity index (χ4v) is 6.53. The lowest BCUT2D eigenvalue weighted by Gasteiger charge is -2.25. The molecule has 1 unspecified atom stereocenters. The van der Waals surface area contributed by atoms with Crippen LogP contribution in [0.1, 0.15) is 48.1 Å². The molecule has 3 aromatic heterocycles. The number of aromatic nitrogens is 4. The molecule has 1 aliphatic heterocycles. The summed E-state index contributed by atoms with van der Waals surface area (Å²) in [6.07, 6.45) is 9.61. The number of benzene rings is 2. The predicted molar refractivity (Wildman–Crippen MR) is 159 cm³/mol. The summed E-state index contributed by atoms with van der Waals surface area (Å²) in [4.78, 5) is 12.2. The number of nitrogens with one attached hydrogen (secondary N) is 1. The van der Waals surface area contributed by atoms with E-state index in [9.17, 15) is 0 Å². The van der Waals surface area contributed by atoms with Crippen molar-refractivity contribution in [3.8, 4) is 33.6 Å². The molecule has 39 heavy (non-hydrogen) atoms. The molecule has 0 saturated carbocycles. The van der Waals surface area contributed by atoms with Gasteiger partial charge in [0.05, 0.1) is 11.4 Å². The van der Waals surface area contributed by atoms with E-state index in [0.29, 0.717) is 0 Å². The number of aromatic amines is 1. The van der Waals surface area contributed by atoms with E-state index in [2.05, 4.69) is 82.7 Å². The van der Waals surface area contributed by atoms with E-state index >= 15 is 0 Å². The molecule has 1 atom stereocenters. The molecule has 1 saturated heterocycles. The summed E-state index contributed by atoms with van der Waals surface area (Å²) in [7, 11) is 0. The van der Waals surface area contributed by atoms with Crippen molar-refractivity contribution in [3.63, 3.8) is 0 Å². The second kappa shape index (κ2) is 10.0. The van der Waals surface area contributed by atoms with Gasteiger partial charge in [-0.3, -0.25) is 10.1 Å². The van der Waals surface area contributed by atoms with Crippen LogP contribution in [0.2, 0.25) is 0 Å². The summed E-state index contributed by atoms with van der Waals surface area (Å²) in [5.41, 5.74) is 12.6. The fourth-order valence-electron chi connectivity index (χ4n) is 6.53. The molecule has 4 heterocycles. The zero-order chi connectivity index (χ0) is 26.3. The first kappa shape index (κ1) is 24.2. The maximum atomic E-state index is 4.76. The largest absolute Gasteiger partial charge is 0.300 e. The molecule has 2 aromatic carbocycles. The molecule has 1 fully saturated rings. The predicted octanol–water partition coefficient (Wildman–Crippen LogP) is 7.31. The van der Waals surface area contributed by atoms with Crippen molar-refractivity contribution in [2.24, 2.45) is 0 Å². The normalized spacial score (nSPS) is 17.8. The number of nitrogens with zero attached hydrogens (tertiary/aromatic N) is 4. The summed E-state index contributed by atoms with van der Waals surface area (Å²) >= 11 is 0. The molecule has 7 rings (SSSR count). The van der Waals surface area contributed by atoms with Crippen molar-refractivity contribution in [3.05, 3.63) is 89.2 Å². The molecular formula is C34H35N5. The van der Waals surface area contributed by atoms with Crippen molar-refractivity contribution in [2.75, 3.05) is 13.1 Å². The summed E-state index contributed by atoms with van der Waals surface area (Å²) < 4.78 is 0. The van der Waals surface area contributed by atoms with Gasteiger partial charge in [-0.05, 0) is 99.8 Å². The third-order valence-electron chi connectivity index (χ3n) is 8.78. The standard InChI is InChI=1S/C34H35N5/c1-22-5-6-23(2)36-32(22)25-8-10-26(11-9-25)33-31-20-29(21-35-34(31)38-37-33)28-12-7-24-13-15-30(16-14-27(24)19-28)39-17-3-4-18-39/h5-12,19-21,30H,3-4,13-18H2,1-2H3,(H,35,37,38). The topological polar surface area (TPSA) is 57.7 Å². The highest BCUT2D eigenvalue weighted by atomic mass is 15.2. The number of pyridine rings is 2. The molecular weight excluding hydrogens is 478 g/mol. The van der Waals surface area contributed by atoms with Crippen LogP contribution in [-0.2, 0) is 12.8 Å². The second-order valence-corrected chi connectivity index (χ2v) is 11.3. The van der Waals surface area contributed by atoms with Crippen molar-refractivity contribution in [2.45, 2.75) is 58.4 Å². The van der Waals surface area contributed by atoms with Crippen LogP contribution in [0.5, 0.6) is 0 Å². The Morgan fingerprint density at radius 3 is 2.33 bits per heavy atom. The monoisotopic (exact) mass is 513 g/mol. The minimum absolute atomic E-state index is 0.742. The molecule has 0 amide bonds. The van der Waals surface area contributed by atoms with Crippen LogP contribution in [0.15, 0.2) is 66.9 Å². The molecule has 1 aliphatic carbocycles. The van der Waals surface area contributed by atoms with Gasteiger partial charge >= 0.3 is 0 Å². The van der Waals surface area contributed by atoms with Gasteiger partial charge in [0.25, 0.3) is 0 Å². The van der Waals surface area contributed by atoms with Crippen LogP contribution in [0.3, 0.4) is 0 Å². The van der Waals surface area contributed by atoms with E-state index in [0.717, 1.165) is 50.8 Å². The van der Waals surface area contributed by atoms with Gasteiger partial charge < -0.3 is 4.90 Å². The molecule has 1 N–H and O–H groups in total. The smallest absolute Gasteiger partial charge is 0.181 e. The first-order valence-electron chi connectivity index (χ1n) is 14.4. The minimum atomic E-state index is 0.742. The average Bonchev–Trinajstić information content (AvgIpc) is 3.61. The van der Waals surface area contributed by atoms with E-state index in [1.54, 1.807) is 0 Å². The van der Waals surface area contributed by atoms with E-state index in [4.69, 9.17) is 9.97 Å². The Morgan fingerprint density at radius 1 is 0.769 bits per heavy atom. The van der Waals surface area contributed by atoms with Crippen LogP contribution in [0, 0.1) is 13.8 Å². The van der Waals surface area contributed by atoms with Crippen molar-refractivity contribution in [1.29, 1.82) is 0 Å². The Morgan fingerprint density at radius 2 is 1.51 bits per heavy atom. The van der Waals surface area contributed by atoms with Crippen LogP contribution in [0.25, 0.3) is 44.7 Å². The van der Waals surface area contributed by atoms with Crippen molar-refractivity contribution >= 4 is 11.0 Å². The molecule has 0 bridgehead atoms. The number of fused-ring (bicyclic) bond motifs is 2. The Labute approximate surface area is 230 Å². The Bertz CT molecular complexity index is 1640. The number of aryl methyl sites for hydroxylation is 4. The average molecular weight is 514 g/mol. The summed E-state index contributed by atoms with van der Waals surface area (Å²) in [5.74, 6) is 0. The van der Waals surface area contributed by atoms with Gasteiger partial charge in [0.2, 0.25) is 0 Å². The molecule has 0 radical (unpaired) electrons. The second-order valence-electron chi connectivity index (χ2n) is 11.3. The highest BCUT2D eigenvalue weighted by molar-refractivity contribution is 5.93. The lowest BCUT2D eigenvalue weighted by Crippen LogP contribution is -2.32. The highest BCUT2D eigenvalue weighted by Gasteiger charge is 2.24. The maximum absolute atomic E-state index is 4.76. The first-order chi connectivity index (χ1) is 19.1. The summed E-state index contributed by atoms with van der Waals surface area (Å²) in [5, 5.41) is 8.81. The first-order valence-corrected chi connectivity index (χ1v) is 14.4. The number of H-pyrrole nitrogens is 1. The van der Waals surface area contributed by atoms with Crippen LogP contribution < -0.4 is 0 Å². The number of hydrogen-bond acceptors (Lipinski definition) is 4. The third-order valence-corrected chi connectivity index (χ3v) is 8.78. The maximum Gasteiger partial charge on any atom is 0.181 e. The van der Waals surface area contributed by atoms with Gasteiger partial charge in [-0.15, -0.1) is 0 Å². The Balaban J connectivity index is 1.17. The van der Waals surface area contributed by atoms with Gasteiger partial charge in [0, 0.05) is 40.0 Å². The number of hydrogen-bond donors (Lipinski definition) is 1.